The van der Waals surface area contributed by atoms with E-state index in [-0.39, 0.29) is 12.0 Å². The van der Waals surface area contributed by atoms with Gasteiger partial charge in [-0.3, -0.25) is 4.79 Å². The van der Waals surface area contributed by atoms with Crippen molar-refractivity contribution in [3.8, 4) is 5.88 Å². The molecule has 3 heterocycles. The van der Waals surface area contributed by atoms with Crippen LogP contribution in [-0.2, 0) is 0 Å². The Morgan fingerprint density at radius 1 is 1.45 bits per heavy atom. The fraction of sp³-hybridized carbons (Fsp3) is 0.333. The number of hydrogen-bond acceptors (Lipinski definition) is 4. The lowest BCUT2D eigenvalue weighted by Crippen LogP contribution is -2.30. The molecule has 20 heavy (non-hydrogen) atoms. The number of aromatic nitrogens is 1. The number of hydrogen-bond donors (Lipinski definition) is 0. The van der Waals surface area contributed by atoms with Gasteiger partial charge in [-0.1, -0.05) is 6.07 Å². The third kappa shape index (κ3) is 2.66. The van der Waals surface area contributed by atoms with Gasteiger partial charge in [0, 0.05) is 25.2 Å². The Hall–Kier alpha value is -2.30. The maximum atomic E-state index is 12.1. The molecule has 0 N–H and O–H groups in total. The molecule has 0 spiro atoms. The van der Waals surface area contributed by atoms with Gasteiger partial charge in [0.1, 0.15) is 6.10 Å². The number of nitrogens with zero attached hydrogens (tertiary/aromatic N) is 2. The summed E-state index contributed by atoms with van der Waals surface area (Å²) in [6.07, 6.45) is 4.08. The second kappa shape index (κ2) is 5.36. The van der Waals surface area contributed by atoms with Gasteiger partial charge in [0.15, 0.2) is 5.76 Å². The summed E-state index contributed by atoms with van der Waals surface area (Å²) in [6.45, 7) is 3.22. The van der Waals surface area contributed by atoms with Gasteiger partial charge in [0.25, 0.3) is 5.91 Å². The first kappa shape index (κ1) is 12.7. The number of ether oxygens (including phenoxy) is 1. The molecule has 1 aliphatic heterocycles. The average molecular weight is 272 g/mol. The standard InChI is InChI=1S/C15H16N2O3/c1-11-4-5-14(16-9-11)20-12-6-7-17(10-12)15(18)13-3-2-8-19-13/h2-5,8-9,12H,6-7,10H2,1H3. The van der Waals surface area contributed by atoms with E-state index >= 15 is 0 Å². The summed E-state index contributed by atoms with van der Waals surface area (Å²) < 4.78 is 10.9. The topological polar surface area (TPSA) is 55.6 Å². The number of carbonyl (C=O) groups excluding carboxylic acids is 1. The molecule has 1 aliphatic rings. The highest BCUT2D eigenvalue weighted by molar-refractivity contribution is 5.91. The molecule has 0 aromatic carbocycles. The van der Waals surface area contributed by atoms with Crippen LogP contribution in [0.4, 0.5) is 0 Å². The highest BCUT2D eigenvalue weighted by Gasteiger charge is 2.29. The van der Waals surface area contributed by atoms with Crippen LogP contribution in [0.3, 0.4) is 0 Å². The molecule has 0 bridgehead atoms. The number of likely N-dealkylation sites (tertiary alicyclic amines) is 1. The first-order chi connectivity index (χ1) is 9.72. The Bertz CT molecular complexity index is 578. The maximum absolute atomic E-state index is 12.1. The van der Waals surface area contributed by atoms with E-state index in [0.717, 1.165) is 12.0 Å². The number of aryl methyl sites for hydroxylation is 1. The average Bonchev–Trinajstić information content (AvgIpc) is 3.12. The van der Waals surface area contributed by atoms with E-state index in [1.54, 1.807) is 23.2 Å². The molecule has 1 amide bonds. The number of rotatable bonds is 3. The van der Waals surface area contributed by atoms with E-state index in [4.69, 9.17) is 9.15 Å². The van der Waals surface area contributed by atoms with Gasteiger partial charge in [0.05, 0.1) is 12.8 Å². The van der Waals surface area contributed by atoms with E-state index in [1.165, 1.54) is 6.26 Å². The summed E-state index contributed by atoms with van der Waals surface area (Å²) in [6, 6.07) is 7.21. The van der Waals surface area contributed by atoms with Crippen LogP contribution < -0.4 is 4.74 Å². The summed E-state index contributed by atoms with van der Waals surface area (Å²) in [7, 11) is 0. The summed E-state index contributed by atoms with van der Waals surface area (Å²) in [4.78, 5) is 18.1. The lowest BCUT2D eigenvalue weighted by molar-refractivity contribution is 0.0740. The highest BCUT2D eigenvalue weighted by Crippen LogP contribution is 2.18. The molecule has 0 radical (unpaired) electrons. The lowest BCUT2D eigenvalue weighted by atomic mass is 10.3. The van der Waals surface area contributed by atoms with Gasteiger partial charge in [-0.05, 0) is 24.6 Å². The molecular weight excluding hydrogens is 256 g/mol. The third-order valence-corrected chi connectivity index (χ3v) is 3.34. The molecule has 104 valence electrons. The fourth-order valence-electron chi connectivity index (χ4n) is 2.26. The van der Waals surface area contributed by atoms with Crippen molar-refractivity contribution in [3.05, 3.63) is 48.0 Å². The minimum Gasteiger partial charge on any atom is -0.472 e. The Morgan fingerprint density at radius 2 is 2.35 bits per heavy atom. The summed E-state index contributed by atoms with van der Waals surface area (Å²) in [5.74, 6) is 0.893. The van der Waals surface area contributed by atoms with Crippen LogP contribution in [0.15, 0.2) is 41.1 Å². The second-order valence-electron chi connectivity index (χ2n) is 4.93. The van der Waals surface area contributed by atoms with Crippen LogP contribution in [0, 0.1) is 6.92 Å². The van der Waals surface area contributed by atoms with E-state index in [0.29, 0.717) is 24.7 Å². The van der Waals surface area contributed by atoms with Crippen molar-refractivity contribution in [1.82, 2.24) is 9.88 Å². The Labute approximate surface area is 117 Å². The van der Waals surface area contributed by atoms with E-state index in [9.17, 15) is 4.79 Å². The predicted octanol–water partition coefficient (Wildman–Crippen LogP) is 2.28. The molecule has 1 saturated heterocycles. The van der Waals surface area contributed by atoms with Gasteiger partial charge in [-0.15, -0.1) is 0 Å². The first-order valence-electron chi connectivity index (χ1n) is 6.64. The second-order valence-corrected chi connectivity index (χ2v) is 4.93. The van der Waals surface area contributed by atoms with Crippen LogP contribution in [0.5, 0.6) is 5.88 Å². The van der Waals surface area contributed by atoms with Crippen molar-refractivity contribution in [1.29, 1.82) is 0 Å². The first-order valence-corrected chi connectivity index (χ1v) is 6.64. The molecule has 1 fully saturated rings. The largest absolute Gasteiger partial charge is 0.472 e. The van der Waals surface area contributed by atoms with Crippen LogP contribution in [0.25, 0.3) is 0 Å². The molecule has 5 heteroatoms. The lowest BCUT2D eigenvalue weighted by Gasteiger charge is -2.15. The summed E-state index contributed by atoms with van der Waals surface area (Å²) in [5.41, 5.74) is 1.10. The van der Waals surface area contributed by atoms with Crippen molar-refractivity contribution >= 4 is 5.91 Å². The Morgan fingerprint density at radius 3 is 3.05 bits per heavy atom. The van der Waals surface area contributed by atoms with Crippen molar-refractivity contribution in [3.63, 3.8) is 0 Å². The molecule has 0 aliphatic carbocycles. The van der Waals surface area contributed by atoms with Crippen molar-refractivity contribution < 1.29 is 13.9 Å². The van der Waals surface area contributed by atoms with Gasteiger partial charge in [0.2, 0.25) is 5.88 Å². The molecule has 0 saturated carbocycles. The van der Waals surface area contributed by atoms with Crippen molar-refractivity contribution in [2.24, 2.45) is 0 Å². The Kier molecular flexibility index (Phi) is 3.41. The van der Waals surface area contributed by atoms with Gasteiger partial charge in [-0.25, -0.2) is 4.98 Å². The summed E-state index contributed by atoms with van der Waals surface area (Å²) >= 11 is 0. The zero-order valence-corrected chi connectivity index (χ0v) is 11.3. The fourth-order valence-corrected chi connectivity index (χ4v) is 2.26. The van der Waals surface area contributed by atoms with Crippen LogP contribution in [-0.4, -0.2) is 35.0 Å². The quantitative estimate of drug-likeness (QED) is 0.860. The molecular formula is C15H16N2O3. The zero-order valence-electron chi connectivity index (χ0n) is 11.3. The zero-order chi connectivity index (χ0) is 13.9. The minimum atomic E-state index is -0.0852. The smallest absolute Gasteiger partial charge is 0.289 e. The molecule has 2 aromatic heterocycles. The van der Waals surface area contributed by atoms with Gasteiger partial charge < -0.3 is 14.1 Å². The number of amides is 1. The van der Waals surface area contributed by atoms with Crippen molar-refractivity contribution in [2.45, 2.75) is 19.4 Å². The van der Waals surface area contributed by atoms with E-state index < -0.39 is 0 Å². The molecule has 5 nitrogen and oxygen atoms in total. The maximum Gasteiger partial charge on any atom is 0.289 e. The minimum absolute atomic E-state index is 0.0101. The summed E-state index contributed by atoms with van der Waals surface area (Å²) in [5, 5.41) is 0. The van der Waals surface area contributed by atoms with E-state index in [1.807, 2.05) is 19.1 Å². The van der Waals surface area contributed by atoms with Gasteiger partial charge >= 0.3 is 0 Å². The highest BCUT2D eigenvalue weighted by atomic mass is 16.5. The van der Waals surface area contributed by atoms with Crippen LogP contribution >= 0.6 is 0 Å². The van der Waals surface area contributed by atoms with E-state index in [2.05, 4.69) is 4.98 Å². The third-order valence-electron chi connectivity index (χ3n) is 3.34. The molecule has 3 rings (SSSR count). The number of furan rings is 1. The SMILES string of the molecule is Cc1ccc(OC2CCN(C(=O)c3ccco3)C2)nc1. The molecule has 1 atom stereocenters. The van der Waals surface area contributed by atoms with Crippen molar-refractivity contribution in [2.75, 3.05) is 13.1 Å². The number of pyridine rings is 1. The van der Waals surface area contributed by atoms with Gasteiger partial charge in [-0.2, -0.15) is 0 Å². The van der Waals surface area contributed by atoms with Crippen LogP contribution in [0.2, 0.25) is 0 Å². The predicted molar refractivity (Wildman–Crippen MR) is 72.6 cm³/mol. The molecule has 1 unspecified atom stereocenters. The van der Waals surface area contributed by atoms with Crippen LogP contribution in [0.1, 0.15) is 22.5 Å². The normalized spacial score (nSPS) is 18.2. The molecule has 2 aromatic rings. The Balaban J connectivity index is 1.59. The monoisotopic (exact) mass is 272 g/mol. The number of carbonyl (C=O) groups is 1.